The number of amides is 1. The average Bonchev–Trinajstić information content (AvgIpc) is 2.82. The van der Waals surface area contributed by atoms with Gasteiger partial charge in [-0.2, -0.15) is 11.8 Å². The maximum absolute atomic E-state index is 11.8. The van der Waals surface area contributed by atoms with Gasteiger partial charge in [0.05, 0.1) is 0 Å². The van der Waals surface area contributed by atoms with Crippen LogP contribution in [-0.2, 0) is 4.79 Å². The van der Waals surface area contributed by atoms with Crippen LogP contribution in [-0.4, -0.2) is 46.6 Å². The third-order valence-corrected chi connectivity index (χ3v) is 4.77. The first kappa shape index (κ1) is 11.3. The molecule has 0 bridgehead atoms. The molecule has 4 heteroatoms. The predicted octanol–water partition coefficient (Wildman–Crippen LogP) is 1.11. The zero-order valence-corrected chi connectivity index (χ0v) is 10.0. The van der Waals surface area contributed by atoms with Gasteiger partial charge < -0.3 is 10.0 Å². The largest absolute Gasteiger partial charge is 0.396 e. The molecule has 0 radical (unpaired) electrons. The molecule has 0 aromatic carbocycles. The fourth-order valence-corrected chi connectivity index (χ4v) is 3.79. The van der Waals surface area contributed by atoms with Gasteiger partial charge in [-0.1, -0.05) is 6.42 Å². The molecule has 1 N–H and O–H groups in total. The second-order valence-electron chi connectivity index (χ2n) is 4.57. The lowest BCUT2D eigenvalue weighted by Crippen LogP contribution is -2.40. The van der Waals surface area contributed by atoms with Crippen molar-refractivity contribution in [1.29, 1.82) is 0 Å². The molecule has 0 aromatic rings. The number of nitrogens with zero attached hydrogens (tertiary/aromatic N) is 1. The molecular formula is C11H19NO2S. The molecule has 1 aliphatic heterocycles. The Morgan fingerprint density at radius 2 is 2.33 bits per heavy atom. The highest BCUT2D eigenvalue weighted by atomic mass is 32.2. The summed E-state index contributed by atoms with van der Waals surface area (Å²) in [5, 5.41) is 9.70. The summed E-state index contributed by atoms with van der Waals surface area (Å²) in [6.45, 7) is 0.927. The summed E-state index contributed by atoms with van der Waals surface area (Å²) in [7, 11) is 0. The van der Waals surface area contributed by atoms with Gasteiger partial charge in [-0.25, -0.2) is 0 Å². The van der Waals surface area contributed by atoms with Gasteiger partial charge >= 0.3 is 0 Å². The van der Waals surface area contributed by atoms with E-state index in [-0.39, 0.29) is 18.4 Å². The molecule has 3 unspecified atom stereocenters. The van der Waals surface area contributed by atoms with E-state index in [2.05, 4.69) is 6.26 Å². The first-order valence-electron chi connectivity index (χ1n) is 5.69. The van der Waals surface area contributed by atoms with Crippen LogP contribution in [0.15, 0.2) is 0 Å². The molecule has 1 heterocycles. The highest BCUT2D eigenvalue weighted by molar-refractivity contribution is 7.99. The van der Waals surface area contributed by atoms with E-state index in [0.717, 1.165) is 13.0 Å². The fourth-order valence-electron chi connectivity index (χ4n) is 2.79. The van der Waals surface area contributed by atoms with Crippen LogP contribution in [0.4, 0.5) is 0 Å². The SMILES string of the molecule is CSC1CCCC1N1CC(CO)CC1=O. The number of carbonyl (C=O) groups excluding carboxylic acids is 1. The Morgan fingerprint density at radius 3 is 2.93 bits per heavy atom. The van der Waals surface area contributed by atoms with Gasteiger partial charge in [0.2, 0.25) is 5.91 Å². The Morgan fingerprint density at radius 1 is 1.53 bits per heavy atom. The molecule has 15 heavy (non-hydrogen) atoms. The van der Waals surface area contributed by atoms with Crippen LogP contribution in [0.25, 0.3) is 0 Å². The molecule has 3 atom stereocenters. The van der Waals surface area contributed by atoms with Crippen LogP contribution in [0.2, 0.25) is 0 Å². The van der Waals surface area contributed by atoms with Gasteiger partial charge in [0.25, 0.3) is 0 Å². The Hall–Kier alpha value is -0.220. The van der Waals surface area contributed by atoms with E-state index in [1.165, 1.54) is 12.8 Å². The average molecular weight is 229 g/mol. The first-order valence-corrected chi connectivity index (χ1v) is 6.98. The number of hydrogen-bond donors (Lipinski definition) is 1. The van der Waals surface area contributed by atoms with Gasteiger partial charge in [0.15, 0.2) is 0 Å². The second-order valence-corrected chi connectivity index (χ2v) is 5.65. The highest BCUT2D eigenvalue weighted by Crippen LogP contribution is 2.35. The zero-order chi connectivity index (χ0) is 10.8. The molecule has 3 nitrogen and oxygen atoms in total. The van der Waals surface area contributed by atoms with Crippen molar-refractivity contribution in [3.05, 3.63) is 0 Å². The Balaban J connectivity index is 2.01. The van der Waals surface area contributed by atoms with E-state index in [0.29, 0.717) is 17.7 Å². The summed E-state index contributed by atoms with van der Waals surface area (Å²) in [6, 6.07) is 0.434. The van der Waals surface area contributed by atoms with Crippen molar-refractivity contribution in [1.82, 2.24) is 4.90 Å². The third kappa shape index (κ3) is 2.16. The fraction of sp³-hybridized carbons (Fsp3) is 0.909. The van der Waals surface area contributed by atoms with Gasteiger partial charge in [-0.15, -0.1) is 0 Å². The Bertz CT molecular complexity index is 247. The van der Waals surface area contributed by atoms with Gasteiger partial charge in [0, 0.05) is 36.8 Å². The maximum Gasteiger partial charge on any atom is 0.223 e. The number of thioether (sulfide) groups is 1. The molecule has 0 spiro atoms. The topological polar surface area (TPSA) is 40.5 Å². The summed E-state index contributed by atoms with van der Waals surface area (Å²) >= 11 is 1.88. The van der Waals surface area contributed by atoms with Crippen molar-refractivity contribution < 1.29 is 9.90 Å². The lowest BCUT2D eigenvalue weighted by atomic mass is 10.1. The van der Waals surface area contributed by atoms with Crippen LogP contribution in [0.5, 0.6) is 0 Å². The lowest BCUT2D eigenvalue weighted by Gasteiger charge is -2.28. The predicted molar refractivity (Wildman–Crippen MR) is 61.8 cm³/mol. The monoisotopic (exact) mass is 229 g/mol. The molecule has 1 aliphatic carbocycles. The molecule has 86 valence electrons. The minimum absolute atomic E-state index is 0.152. The Kier molecular flexibility index (Phi) is 3.57. The van der Waals surface area contributed by atoms with Crippen molar-refractivity contribution in [2.45, 2.75) is 37.0 Å². The number of aliphatic hydroxyl groups excluding tert-OH is 1. The number of rotatable bonds is 3. The van der Waals surface area contributed by atoms with E-state index < -0.39 is 0 Å². The Labute approximate surface area is 95.2 Å². The van der Waals surface area contributed by atoms with Gasteiger partial charge in [-0.3, -0.25) is 4.79 Å². The van der Waals surface area contributed by atoms with Crippen LogP contribution < -0.4 is 0 Å². The summed E-state index contributed by atoms with van der Waals surface area (Å²) in [5.41, 5.74) is 0. The minimum Gasteiger partial charge on any atom is -0.396 e. The van der Waals surface area contributed by atoms with Crippen LogP contribution in [0.1, 0.15) is 25.7 Å². The van der Waals surface area contributed by atoms with Crippen molar-refractivity contribution in [3.8, 4) is 0 Å². The summed E-state index contributed by atoms with van der Waals surface area (Å²) < 4.78 is 0. The standard InChI is InChI=1S/C11H19NO2S/c1-15-10-4-2-3-9(10)12-6-8(7-13)5-11(12)14/h8-10,13H,2-7H2,1H3. The van der Waals surface area contributed by atoms with Crippen molar-refractivity contribution in [3.63, 3.8) is 0 Å². The molecule has 2 rings (SSSR count). The maximum atomic E-state index is 11.8. The van der Waals surface area contributed by atoms with E-state index in [1.54, 1.807) is 0 Å². The highest BCUT2D eigenvalue weighted by Gasteiger charge is 2.39. The van der Waals surface area contributed by atoms with E-state index in [9.17, 15) is 4.79 Å². The molecule has 0 aromatic heterocycles. The number of carbonyl (C=O) groups is 1. The van der Waals surface area contributed by atoms with Gasteiger partial charge in [0.1, 0.15) is 0 Å². The lowest BCUT2D eigenvalue weighted by molar-refractivity contribution is -0.129. The molecule has 2 fully saturated rings. The van der Waals surface area contributed by atoms with E-state index in [1.807, 2.05) is 16.7 Å². The molecule has 1 saturated heterocycles. The third-order valence-electron chi connectivity index (χ3n) is 3.62. The van der Waals surface area contributed by atoms with Gasteiger partial charge in [-0.05, 0) is 19.1 Å². The minimum atomic E-state index is 0.152. The van der Waals surface area contributed by atoms with Crippen molar-refractivity contribution in [2.24, 2.45) is 5.92 Å². The molecular weight excluding hydrogens is 210 g/mol. The van der Waals surface area contributed by atoms with E-state index >= 15 is 0 Å². The zero-order valence-electron chi connectivity index (χ0n) is 9.19. The first-order chi connectivity index (χ1) is 7.26. The molecule has 1 amide bonds. The normalized spacial score (nSPS) is 36.5. The number of hydrogen-bond acceptors (Lipinski definition) is 3. The smallest absolute Gasteiger partial charge is 0.223 e. The summed E-state index contributed by atoms with van der Waals surface area (Å²) in [5.74, 6) is 0.431. The van der Waals surface area contributed by atoms with Crippen LogP contribution in [0.3, 0.4) is 0 Å². The van der Waals surface area contributed by atoms with E-state index in [4.69, 9.17) is 5.11 Å². The van der Waals surface area contributed by atoms with Crippen molar-refractivity contribution in [2.75, 3.05) is 19.4 Å². The number of likely N-dealkylation sites (tertiary alicyclic amines) is 1. The summed E-state index contributed by atoms with van der Waals surface area (Å²) in [4.78, 5) is 13.8. The second kappa shape index (κ2) is 4.74. The van der Waals surface area contributed by atoms with Crippen LogP contribution >= 0.6 is 11.8 Å². The van der Waals surface area contributed by atoms with Crippen LogP contribution in [0, 0.1) is 5.92 Å². The molecule has 1 saturated carbocycles. The quantitative estimate of drug-likeness (QED) is 0.788. The van der Waals surface area contributed by atoms with Crippen molar-refractivity contribution >= 4 is 17.7 Å². The molecule has 2 aliphatic rings. The summed E-state index contributed by atoms with van der Waals surface area (Å²) in [6.07, 6.45) is 6.31. The number of aliphatic hydroxyl groups is 1.